The summed E-state index contributed by atoms with van der Waals surface area (Å²) in [4.78, 5) is 27.7. The summed E-state index contributed by atoms with van der Waals surface area (Å²) in [5.41, 5.74) is 2.09. The van der Waals surface area contributed by atoms with Crippen molar-refractivity contribution in [3.63, 3.8) is 0 Å². The molecule has 2 aromatic rings. The minimum absolute atomic E-state index is 0.0340. The van der Waals surface area contributed by atoms with Gasteiger partial charge in [0, 0.05) is 29.1 Å². The van der Waals surface area contributed by atoms with Gasteiger partial charge in [0.1, 0.15) is 0 Å². The van der Waals surface area contributed by atoms with Crippen molar-refractivity contribution in [2.45, 2.75) is 33.2 Å². The van der Waals surface area contributed by atoms with Gasteiger partial charge in [0.15, 0.2) is 0 Å². The molecule has 7 heteroatoms. The van der Waals surface area contributed by atoms with Crippen LogP contribution in [-0.4, -0.2) is 36.3 Å². The molecule has 0 aromatic heterocycles. The van der Waals surface area contributed by atoms with E-state index in [1.807, 2.05) is 32.0 Å². The highest BCUT2D eigenvalue weighted by molar-refractivity contribution is 6.35. The Balaban J connectivity index is 1.55. The second-order valence-electron chi connectivity index (χ2n) is 8.42. The lowest BCUT2D eigenvalue weighted by atomic mass is 9.95. The predicted molar refractivity (Wildman–Crippen MR) is 127 cm³/mol. The second kappa shape index (κ2) is 11.0. The molecule has 0 spiro atoms. The summed E-state index contributed by atoms with van der Waals surface area (Å²) in [6.45, 7) is 7.05. The highest BCUT2D eigenvalue weighted by atomic mass is 35.5. The maximum atomic E-state index is 12.9. The molecule has 3 rings (SSSR count). The maximum absolute atomic E-state index is 12.9. The topological polar surface area (TPSA) is 61.4 Å². The van der Waals surface area contributed by atoms with E-state index < -0.39 is 0 Å². The summed E-state index contributed by atoms with van der Waals surface area (Å²) in [7, 11) is 0. The van der Waals surface area contributed by atoms with Crippen LogP contribution in [0.1, 0.15) is 42.6 Å². The summed E-state index contributed by atoms with van der Waals surface area (Å²) in [6.07, 6.45) is 1.53. The van der Waals surface area contributed by atoms with E-state index in [-0.39, 0.29) is 17.7 Å². The van der Waals surface area contributed by atoms with Crippen LogP contribution in [0, 0.1) is 11.8 Å². The molecule has 0 bridgehead atoms. The van der Waals surface area contributed by atoms with Crippen molar-refractivity contribution < 1.29 is 9.59 Å². The van der Waals surface area contributed by atoms with E-state index in [0.29, 0.717) is 33.8 Å². The van der Waals surface area contributed by atoms with Gasteiger partial charge in [0.25, 0.3) is 5.91 Å². The van der Waals surface area contributed by atoms with Crippen LogP contribution in [0.4, 0.5) is 5.69 Å². The summed E-state index contributed by atoms with van der Waals surface area (Å²) in [5.74, 6) is 0.0786. The lowest BCUT2D eigenvalue weighted by Crippen LogP contribution is -2.38. The third kappa shape index (κ3) is 6.70. The smallest absolute Gasteiger partial charge is 0.253 e. The molecular formula is C24H29Cl2N3O2. The SMILES string of the molecule is CC(C)CNC(=O)c1ccccc1NC(=O)C1CCN(Cc2ccc(Cl)cc2Cl)CC1. The van der Waals surface area contributed by atoms with E-state index in [0.717, 1.165) is 38.0 Å². The van der Waals surface area contributed by atoms with Crippen molar-refractivity contribution in [2.75, 3.05) is 25.0 Å². The van der Waals surface area contributed by atoms with E-state index >= 15 is 0 Å². The number of rotatable bonds is 7. The van der Waals surface area contributed by atoms with Crippen molar-refractivity contribution in [2.24, 2.45) is 11.8 Å². The molecule has 0 saturated carbocycles. The molecule has 0 aliphatic carbocycles. The molecule has 1 heterocycles. The molecule has 31 heavy (non-hydrogen) atoms. The van der Waals surface area contributed by atoms with Crippen LogP contribution in [0.5, 0.6) is 0 Å². The lowest BCUT2D eigenvalue weighted by molar-refractivity contribution is -0.121. The molecule has 166 valence electrons. The van der Waals surface area contributed by atoms with E-state index in [2.05, 4.69) is 15.5 Å². The first-order valence-corrected chi connectivity index (χ1v) is 11.4. The number of carbonyl (C=O) groups is 2. The second-order valence-corrected chi connectivity index (χ2v) is 9.27. The van der Waals surface area contributed by atoms with Crippen LogP contribution in [-0.2, 0) is 11.3 Å². The van der Waals surface area contributed by atoms with Gasteiger partial charge in [-0.05, 0) is 61.7 Å². The third-order valence-electron chi connectivity index (χ3n) is 5.47. The zero-order chi connectivity index (χ0) is 22.4. The molecular weight excluding hydrogens is 433 g/mol. The normalized spacial score (nSPS) is 15.1. The molecule has 0 unspecified atom stereocenters. The van der Waals surface area contributed by atoms with Crippen LogP contribution < -0.4 is 10.6 Å². The number of nitrogens with one attached hydrogen (secondary N) is 2. The van der Waals surface area contributed by atoms with Crippen molar-refractivity contribution in [3.05, 3.63) is 63.6 Å². The largest absolute Gasteiger partial charge is 0.352 e. The highest BCUT2D eigenvalue weighted by Gasteiger charge is 2.26. The van der Waals surface area contributed by atoms with Crippen molar-refractivity contribution in [3.8, 4) is 0 Å². The number of halogens is 2. The molecule has 1 saturated heterocycles. The van der Waals surface area contributed by atoms with E-state index in [1.54, 1.807) is 24.3 Å². The first-order chi connectivity index (χ1) is 14.8. The van der Waals surface area contributed by atoms with Crippen LogP contribution >= 0.6 is 23.2 Å². The van der Waals surface area contributed by atoms with E-state index in [1.165, 1.54) is 0 Å². The Bertz CT molecular complexity index is 925. The Kier molecular flexibility index (Phi) is 8.35. The van der Waals surface area contributed by atoms with Gasteiger partial charge in [-0.3, -0.25) is 14.5 Å². The van der Waals surface area contributed by atoms with Crippen LogP contribution in [0.15, 0.2) is 42.5 Å². The Morgan fingerprint density at radius 2 is 1.81 bits per heavy atom. The van der Waals surface area contributed by atoms with Gasteiger partial charge in [0.2, 0.25) is 5.91 Å². The molecule has 1 fully saturated rings. The average molecular weight is 462 g/mol. The minimum atomic E-state index is -0.167. The summed E-state index contributed by atoms with van der Waals surface area (Å²) >= 11 is 12.3. The fraction of sp³-hybridized carbons (Fsp3) is 0.417. The fourth-order valence-electron chi connectivity index (χ4n) is 3.66. The number of likely N-dealkylation sites (tertiary alicyclic amines) is 1. The Labute approximate surface area is 194 Å². The Morgan fingerprint density at radius 1 is 1.10 bits per heavy atom. The van der Waals surface area contributed by atoms with Crippen molar-refractivity contribution in [1.82, 2.24) is 10.2 Å². The van der Waals surface area contributed by atoms with Crippen molar-refractivity contribution in [1.29, 1.82) is 0 Å². The quantitative estimate of drug-likeness (QED) is 0.593. The lowest BCUT2D eigenvalue weighted by Gasteiger charge is -2.31. The fourth-order valence-corrected chi connectivity index (χ4v) is 4.13. The Hall–Kier alpha value is -2.08. The monoisotopic (exact) mass is 461 g/mol. The summed E-state index contributed by atoms with van der Waals surface area (Å²) in [6, 6.07) is 12.7. The third-order valence-corrected chi connectivity index (χ3v) is 6.05. The molecule has 2 amide bonds. The van der Waals surface area contributed by atoms with Gasteiger partial charge in [0.05, 0.1) is 11.3 Å². The van der Waals surface area contributed by atoms with Crippen LogP contribution in [0.25, 0.3) is 0 Å². The number of carbonyl (C=O) groups excluding carboxylic acids is 2. The number of nitrogens with zero attached hydrogens (tertiary/aromatic N) is 1. The standard InChI is InChI=1S/C24H29Cl2N3O2/c1-16(2)14-27-24(31)20-5-3-4-6-22(20)28-23(30)17-9-11-29(12-10-17)15-18-7-8-19(25)13-21(18)26/h3-8,13,16-17H,9-12,14-15H2,1-2H3,(H,27,31)(H,28,30). The van der Waals surface area contributed by atoms with E-state index in [4.69, 9.17) is 23.2 Å². The molecule has 1 aliphatic rings. The van der Waals surface area contributed by atoms with Gasteiger partial charge >= 0.3 is 0 Å². The minimum Gasteiger partial charge on any atom is -0.352 e. The average Bonchev–Trinajstić information content (AvgIpc) is 2.75. The van der Waals surface area contributed by atoms with Gasteiger partial charge < -0.3 is 10.6 Å². The Morgan fingerprint density at radius 3 is 2.48 bits per heavy atom. The first kappa shape index (κ1) is 23.6. The first-order valence-electron chi connectivity index (χ1n) is 10.7. The molecule has 5 nitrogen and oxygen atoms in total. The van der Waals surface area contributed by atoms with Crippen LogP contribution in [0.2, 0.25) is 10.0 Å². The molecule has 1 aliphatic heterocycles. The summed E-state index contributed by atoms with van der Waals surface area (Å²) < 4.78 is 0. The zero-order valence-electron chi connectivity index (χ0n) is 18.0. The predicted octanol–water partition coefficient (Wildman–Crippen LogP) is 5.23. The molecule has 0 atom stereocenters. The van der Waals surface area contributed by atoms with Gasteiger partial charge in [-0.25, -0.2) is 0 Å². The number of hydrogen-bond acceptors (Lipinski definition) is 3. The maximum Gasteiger partial charge on any atom is 0.253 e. The van der Waals surface area contributed by atoms with Gasteiger partial charge in [-0.1, -0.05) is 55.2 Å². The number of piperidine rings is 1. The molecule has 2 aromatic carbocycles. The molecule has 0 radical (unpaired) electrons. The number of para-hydroxylation sites is 1. The van der Waals surface area contributed by atoms with Crippen molar-refractivity contribution >= 4 is 40.7 Å². The van der Waals surface area contributed by atoms with Gasteiger partial charge in [-0.15, -0.1) is 0 Å². The number of benzene rings is 2. The van der Waals surface area contributed by atoms with Gasteiger partial charge in [-0.2, -0.15) is 0 Å². The number of anilines is 1. The van der Waals surface area contributed by atoms with Crippen LogP contribution in [0.3, 0.4) is 0 Å². The molecule has 2 N–H and O–H groups in total. The highest BCUT2D eigenvalue weighted by Crippen LogP contribution is 2.26. The zero-order valence-corrected chi connectivity index (χ0v) is 19.5. The summed E-state index contributed by atoms with van der Waals surface area (Å²) in [5, 5.41) is 7.18. The number of hydrogen-bond donors (Lipinski definition) is 2. The van der Waals surface area contributed by atoms with E-state index in [9.17, 15) is 9.59 Å². The number of amides is 2.